The van der Waals surface area contributed by atoms with Crippen LogP contribution in [0.4, 0.5) is 0 Å². The molecule has 0 unspecified atom stereocenters. The molecular weight excluding hydrogens is 228 g/mol. The fraction of sp³-hybridized carbons (Fsp3) is 0.643. The Bertz CT molecular complexity index is 379. The first-order valence-electron chi connectivity index (χ1n) is 6.84. The molecule has 0 aromatic carbocycles. The number of amides is 1. The first-order chi connectivity index (χ1) is 8.79. The van der Waals surface area contributed by atoms with Crippen LogP contribution in [0.15, 0.2) is 16.5 Å². The average molecular weight is 250 g/mol. The Kier molecular flexibility index (Phi) is 4.81. The number of carbonyl (C=O) groups is 1. The zero-order valence-electron chi connectivity index (χ0n) is 11.0. The van der Waals surface area contributed by atoms with Crippen LogP contribution in [0.3, 0.4) is 0 Å². The van der Waals surface area contributed by atoms with E-state index in [-0.39, 0.29) is 5.91 Å². The molecule has 0 aliphatic heterocycles. The summed E-state index contributed by atoms with van der Waals surface area (Å²) in [6, 6.07) is 3.91. The second-order valence-electron chi connectivity index (χ2n) is 4.96. The number of carbonyl (C=O) groups excluding carboxylic acids is 1. The SMILES string of the molecule is CNCc1ccc(C(=O)NC2CCCCCC2)o1. The van der Waals surface area contributed by atoms with Gasteiger partial charge < -0.3 is 15.1 Å². The van der Waals surface area contributed by atoms with Gasteiger partial charge in [-0.1, -0.05) is 25.7 Å². The number of nitrogens with one attached hydrogen (secondary N) is 2. The maximum absolute atomic E-state index is 12.0. The first kappa shape index (κ1) is 13.1. The van der Waals surface area contributed by atoms with Crippen LogP contribution in [0.5, 0.6) is 0 Å². The Morgan fingerprint density at radius 1 is 1.28 bits per heavy atom. The largest absolute Gasteiger partial charge is 0.455 e. The third kappa shape index (κ3) is 3.60. The number of hydrogen-bond donors (Lipinski definition) is 2. The fourth-order valence-corrected chi connectivity index (χ4v) is 2.45. The molecule has 0 radical (unpaired) electrons. The predicted octanol–water partition coefficient (Wildman–Crippen LogP) is 2.45. The van der Waals surface area contributed by atoms with E-state index in [2.05, 4.69) is 10.6 Å². The Balaban J connectivity index is 1.89. The smallest absolute Gasteiger partial charge is 0.287 e. The highest BCUT2D eigenvalue weighted by atomic mass is 16.4. The highest BCUT2D eigenvalue weighted by Gasteiger charge is 2.17. The van der Waals surface area contributed by atoms with E-state index in [9.17, 15) is 4.79 Å². The Morgan fingerprint density at radius 3 is 2.67 bits per heavy atom. The molecule has 4 nitrogen and oxygen atoms in total. The van der Waals surface area contributed by atoms with Crippen LogP contribution in [0.25, 0.3) is 0 Å². The van der Waals surface area contributed by atoms with Crippen molar-refractivity contribution in [2.24, 2.45) is 0 Å². The van der Waals surface area contributed by atoms with E-state index in [0.29, 0.717) is 18.3 Å². The van der Waals surface area contributed by atoms with Crippen LogP contribution >= 0.6 is 0 Å². The molecule has 1 heterocycles. The standard InChI is InChI=1S/C14H22N2O2/c1-15-10-12-8-9-13(18-12)14(17)16-11-6-4-2-3-5-7-11/h8-9,11,15H,2-7,10H2,1H3,(H,16,17). The minimum atomic E-state index is -0.0794. The van der Waals surface area contributed by atoms with E-state index >= 15 is 0 Å². The Labute approximate surface area is 108 Å². The Hall–Kier alpha value is -1.29. The van der Waals surface area contributed by atoms with Crippen molar-refractivity contribution >= 4 is 5.91 Å². The van der Waals surface area contributed by atoms with Crippen molar-refractivity contribution in [3.8, 4) is 0 Å². The monoisotopic (exact) mass is 250 g/mol. The molecule has 1 saturated carbocycles. The maximum atomic E-state index is 12.0. The molecule has 1 amide bonds. The first-order valence-corrected chi connectivity index (χ1v) is 6.84. The lowest BCUT2D eigenvalue weighted by Crippen LogP contribution is -2.34. The fourth-order valence-electron chi connectivity index (χ4n) is 2.45. The van der Waals surface area contributed by atoms with Crippen LogP contribution in [0.2, 0.25) is 0 Å². The van der Waals surface area contributed by atoms with Gasteiger partial charge in [0.2, 0.25) is 0 Å². The highest BCUT2D eigenvalue weighted by molar-refractivity contribution is 5.91. The second-order valence-corrected chi connectivity index (χ2v) is 4.96. The van der Waals surface area contributed by atoms with Crippen molar-refractivity contribution in [3.05, 3.63) is 23.7 Å². The van der Waals surface area contributed by atoms with Crippen LogP contribution in [0, 0.1) is 0 Å². The summed E-state index contributed by atoms with van der Waals surface area (Å²) in [7, 11) is 1.85. The van der Waals surface area contributed by atoms with Gasteiger partial charge in [-0.25, -0.2) is 0 Å². The molecular formula is C14H22N2O2. The van der Waals surface area contributed by atoms with Gasteiger partial charge in [0.1, 0.15) is 5.76 Å². The summed E-state index contributed by atoms with van der Waals surface area (Å²) in [5, 5.41) is 6.08. The van der Waals surface area contributed by atoms with Gasteiger partial charge in [-0.3, -0.25) is 4.79 Å². The van der Waals surface area contributed by atoms with Crippen molar-refractivity contribution in [2.75, 3.05) is 7.05 Å². The van der Waals surface area contributed by atoms with E-state index in [1.165, 1.54) is 25.7 Å². The summed E-state index contributed by atoms with van der Waals surface area (Å²) < 4.78 is 5.48. The summed E-state index contributed by atoms with van der Waals surface area (Å²) in [4.78, 5) is 12.0. The molecule has 0 bridgehead atoms. The van der Waals surface area contributed by atoms with Crippen LogP contribution in [0.1, 0.15) is 54.8 Å². The van der Waals surface area contributed by atoms with E-state index in [4.69, 9.17) is 4.42 Å². The molecule has 100 valence electrons. The van der Waals surface area contributed by atoms with Crippen molar-refractivity contribution in [3.63, 3.8) is 0 Å². The van der Waals surface area contributed by atoms with Crippen molar-refractivity contribution in [1.29, 1.82) is 0 Å². The van der Waals surface area contributed by atoms with Gasteiger partial charge in [0, 0.05) is 6.04 Å². The summed E-state index contributed by atoms with van der Waals surface area (Å²) in [5.41, 5.74) is 0. The third-order valence-corrected chi connectivity index (χ3v) is 3.43. The zero-order chi connectivity index (χ0) is 12.8. The van der Waals surface area contributed by atoms with E-state index in [0.717, 1.165) is 18.6 Å². The summed E-state index contributed by atoms with van der Waals surface area (Å²) in [5.74, 6) is 1.14. The van der Waals surface area contributed by atoms with Crippen LogP contribution in [-0.4, -0.2) is 19.0 Å². The summed E-state index contributed by atoms with van der Waals surface area (Å²) in [6.07, 6.45) is 7.20. The van der Waals surface area contributed by atoms with Gasteiger partial charge in [-0.05, 0) is 32.0 Å². The minimum Gasteiger partial charge on any atom is -0.455 e. The molecule has 0 saturated heterocycles. The third-order valence-electron chi connectivity index (χ3n) is 3.43. The van der Waals surface area contributed by atoms with Gasteiger partial charge >= 0.3 is 0 Å². The van der Waals surface area contributed by atoms with Crippen molar-refractivity contribution in [2.45, 2.75) is 51.1 Å². The highest BCUT2D eigenvalue weighted by Crippen LogP contribution is 2.18. The van der Waals surface area contributed by atoms with Gasteiger partial charge in [-0.15, -0.1) is 0 Å². The zero-order valence-corrected chi connectivity index (χ0v) is 11.0. The average Bonchev–Trinajstić information content (AvgIpc) is 2.67. The lowest BCUT2D eigenvalue weighted by molar-refractivity contribution is 0.0903. The van der Waals surface area contributed by atoms with Gasteiger partial charge in [0.05, 0.1) is 6.54 Å². The summed E-state index contributed by atoms with van der Waals surface area (Å²) >= 11 is 0. The Morgan fingerprint density at radius 2 is 2.00 bits per heavy atom. The van der Waals surface area contributed by atoms with E-state index in [1.807, 2.05) is 13.1 Å². The van der Waals surface area contributed by atoms with Crippen LogP contribution in [-0.2, 0) is 6.54 Å². The van der Waals surface area contributed by atoms with Gasteiger partial charge in [0.25, 0.3) is 5.91 Å². The molecule has 1 aromatic heterocycles. The molecule has 0 atom stereocenters. The molecule has 1 aliphatic carbocycles. The van der Waals surface area contributed by atoms with E-state index in [1.54, 1.807) is 6.07 Å². The van der Waals surface area contributed by atoms with Crippen molar-refractivity contribution < 1.29 is 9.21 Å². The molecule has 2 rings (SSSR count). The molecule has 1 fully saturated rings. The molecule has 2 N–H and O–H groups in total. The van der Waals surface area contributed by atoms with Crippen molar-refractivity contribution in [1.82, 2.24) is 10.6 Å². The molecule has 1 aromatic rings. The van der Waals surface area contributed by atoms with Gasteiger partial charge in [0.15, 0.2) is 5.76 Å². The molecule has 0 spiro atoms. The summed E-state index contributed by atoms with van der Waals surface area (Å²) in [6.45, 7) is 0.650. The molecule has 1 aliphatic rings. The second kappa shape index (κ2) is 6.59. The predicted molar refractivity (Wildman–Crippen MR) is 70.4 cm³/mol. The number of rotatable bonds is 4. The quantitative estimate of drug-likeness (QED) is 0.807. The van der Waals surface area contributed by atoms with E-state index < -0.39 is 0 Å². The molecule has 4 heteroatoms. The molecule has 18 heavy (non-hydrogen) atoms. The number of hydrogen-bond acceptors (Lipinski definition) is 3. The minimum absolute atomic E-state index is 0.0794. The van der Waals surface area contributed by atoms with Gasteiger partial charge in [-0.2, -0.15) is 0 Å². The lowest BCUT2D eigenvalue weighted by Gasteiger charge is -2.14. The normalized spacial score (nSPS) is 17.4. The number of furan rings is 1. The topological polar surface area (TPSA) is 54.3 Å². The van der Waals surface area contributed by atoms with Crippen LogP contribution < -0.4 is 10.6 Å². The maximum Gasteiger partial charge on any atom is 0.287 e. The lowest BCUT2D eigenvalue weighted by atomic mass is 10.1.